The highest BCUT2D eigenvalue weighted by atomic mass is 35.5. The van der Waals surface area contributed by atoms with Crippen LogP contribution in [-0.4, -0.2) is 26.5 Å². The van der Waals surface area contributed by atoms with Crippen molar-refractivity contribution in [3.63, 3.8) is 0 Å². The maximum atomic E-state index is 12.5. The van der Waals surface area contributed by atoms with E-state index in [9.17, 15) is 4.79 Å². The quantitative estimate of drug-likeness (QED) is 0.788. The number of hydrogen-bond acceptors (Lipinski definition) is 3. The van der Waals surface area contributed by atoms with E-state index in [0.29, 0.717) is 26.9 Å². The summed E-state index contributed by atoms with van der Waals surface area (Å²) in [6, 6.07) is 7.26. The van der Waals surface area contributed by atoms with Gasteiger partial charge in [-0.15, -0.1) is 0 Å². The number of nitrogens with one attached hydrogen (secondary N) is 1. The van der Waals surface area contributed by atoms with Crippen LogP contribution in [0.1, 0.15) is 23.3 Å². The Hall–Kier alpha value is -2.11. The number of benzene rings is 1. The number of carbonyl (C=O) groups is 1. The summed E-state index contributed by atoms with van der Waals surface area (Å²) in [6.07, 6.45) is 5.46. The summed E-state index contributed by atoms with van der Waals surface area (Å²) in [6.45, 7) is 0. The highest BCUT2D eigenvalue weighted by molar-refractivity contribution is 6.42. The van der Waals surface area contributed by atoms with Crippen molar-refractivity contribution in [1.29, 1.82) is 0 Å². The third kappa shape index (κ3) is 2.66. The van der Waals surface area contributed by atoms with E-state index in [1.807, 2.05) is 6.07 Å². The van der Waals surface area contributed by atoms with Crippen LogP contribution in [0.4, 0.5) is 0 Å². The number of fused-ring (bicyclic) bond motifs is 1. The summed E-state index contributed by atoms with van der Waals surface area (Å²) in [7, 11) is 0. The Labute approximate surface area is 142 Å². The van der Waals surface area contributed by atoms with Gasteiger partial charge in [-0.25, -0.2) is 9.50 Å². The lowest BCUT2D eigenvalue weighted by atomic mass is 10.1. The molecule has 1 fully saturated rings. The first-order chi connectivity index (χ1) is 11.1. The molecular formula is C16H12Cl2N4O. The normalized spacial score (nSPS) is 14.2. The molecule has 0 radical (unpaired) electrons. The summed E-state index contributed by atoms with van der Waals surface area (Å²) < 4.78 is 1.60. The number of carbonyl (C=O) groups excluding carboxylic acids is 1. The number of aromatic nitrogens is 3. The van der Waals surface area contributed by atoms with E-state index in [4.69, 9.17) is 23.2 Å². The average Bonchev–Trinajstić information content (AvgIpc) is 3.27. The molecule has 1 aliphatic carbocycles. The van der Waals surface area contributed by atoms with E-state index < -0.39 is 0 Å². The third-order valence-electron chi connectivity index (χ3n) is 3.73. The van der Waals surface area contributed by atoms with Gasteiger partial charge in [0.05, 0.1) is 15.6 Å². The first-order valence-corrected chi connectivity index (χ1v) is 7.99. The van der Waals surface area contributed by atoms with Gasteiger partial charge in [0.2, 0.25) is 0 Å². The van der Waals surface area contributed by atoms with Crippen molar-refractivity contribution in [3.05, 3.63) is 52.4 Å². The number of amides is 1. The van der Waals surface area contributed by atoms with E-state index in [1.54, 1.807) is 35.1 Å². The van der Waals surface area contributed by atoms with Crippen molar-refractivity contribution in [2.45, 2.75) is 18.9 Å². The number of hydrogen-bond donors (Lipinski definition) is 1. The molecule has 4 rings (SSSR count). The third-order valence-corrected chi connectivity index (χ3v) is 4.47. The minimum absolute atomic E-state index is 0.195. The summed E-state index contributed by atoms with van der Waals surface area (Å²) in [4.78, 5) is 16.9. The fraction of sp³-hybridized carbons (Fsp3) is 0.188. The number of halogens is 2. The van der Waals surface area contributed by atoms with Crippen LogP contribution in [0.15, 0.2) is 36.7 Å². The van der Waals surface area contributed by atoms with Gasteiger partial charge >= 0.3 is 0 Å². The van der Waals surface area contributed by atoms with Gasteiger partial charge in [0, 0.05) is 18.4 Å². The van der Waals surface area contributed by atoms with Gasteiger partial charge in [0.1, 0.15) is 0 Å². The standard InChI is InChI=1S/C16H12Cl2N4O/c17-11-5-2-9(8-12(11)18)13-14(16(23)20-10-3-4-10)21-22-7-1-6-19-15(13)22/h1-2,5-8,10H,3-4H2,(H,20,23). The molecule has 7 heteroatoms. The average molecular weight is 347 g/mol. The molecule has 23 heavy (non-hydrogen) atoms. The van der Waals surface area contributed by atoms with E-state index >= 15 is 0 Å². The van der Waals surface area contributed by atoms with Crippen LogP contribution in [0.25, 0.3) is 16.8 Å². The molecule has 0 atom stereocenters. The Bertz CT molecular complexity index is 918. The second-order valence-electron chi connectivity index (χ2n) is 5.49. The first-order valence-electron chi connectivity index (χ1n) is 7.23. The van der Waals surface area contributed by atoms with E-state index in [2.05, 4.69) is 15.4 Å². The van der Waals surface area contributed by atoms with Crippen LogP contribution in [0.2, 0.25) is 10.0 Å². The molecule has 2 heterocycles. The van der Waals surface area contributed by atoms with Gasteiger partial charge in [0.25, 0.3) is 5.91 Å². The zero-order chi connectivity index (χ0) is 16.0. The minimum atomic E-state index is -0.195. The lowest BCUT2D eigenvalue weighted by Crippen LogP contribution is -2.26. The summed E-state index contributed by atoms with van der Waals surface area (Å²) in [5, 5.41) is 8.24. The van der Waals surface area contributed by atoms with Crippen molar-refractivity contribution in [2.24, 2.45) is 0 Å². The second-order valence-corrected chi connectivity index (χ2v) is 6.30. The van der Waals surface area contributed by atoms with Crippen LogP contribution in [0.3, 0.4) is 0 Å². The molecule has 0 saturated heterocycles. The molecule has 1 aromatic carbocycles. The Kier molecular flexibility index (Phi) is 3.47. The fourth-order valence-electron chi connectivity index (χ4n) is 2.44. The van der Waals surface area contributed by atoms with Crippen molar-refractivity contribution in [3.8, 4) is 11.1 Å². The van der Waals surface area contributed by atoms with Crippen molar-refractivity contribution < 1.29 is 4.79 Å². The van der Waals surface area contributed by atoms with Crippen molar-refractivity contribution >= 4 is 34.8 Å². The van der Waals surface area contributed by atoms with Crippen LogP contribution in [0, 0.1) is 0 Å². The lowest BCUT2D eigenvalue weighted by Gasteiger charge is -2.05. The molecule has 2 aromatic heterocycles. The number of rotatable bonds is 3. The summed E-state index contributed by atoms with van der Waals surface area (Å²) >= 11 is 12.1. The molecule has 3 aromatic rings. The molecule has 0 aliphatic heterocycles. The van der Waals surface area contributed by atoms with Crippen LogP contribution in [-0.2, 0) is 0 Å². The minimum Gasteiger partial charge on any atom is -0.348 e. The molecule has 1 amide bonds. The zero-order valence-corrected chi connectivity index (χ0v) is 13.5. The second kappa shape index (κ2) is 5.51. The van der Waals surface area contributed by atoms with E-state index in [-0.39, 0.29) is 11.9 Å². The van der Waals surface area contributed by atoms with Gasteiger partial charge < -0.3 is 5.32 Å². The van der Waals surface area contributed by atoms with Gasteiger partial charge in [-0.2, -0.15) is 5.10 Å². The van der Waals surface area contributed by atoms with Gasteiger partial charge in [-0.1, -0.05) is 29.3 Å². The topological polar surface area (TPSA) is 59.3 Å². The smallest absolute Gasteiger partial charge is 0.272 e. The van der Waals surface area contributed by atoms with Crippen LogP contribution < -0.4 is 5.32 Å². The SMILES string of the molecule is O=C(NC1CC1)c1nn2cccnc2c1-c1ccc(Cl)c(Cl)c1. The Balaban J connectivity index is 1.91. The molecule has 0 bridgehead atoms. The largest absolute Gasteiger partial charge is 0.348 e. The predicted octanol–water partition coefficient (Wildman–Crippen LogP) is 3.60. The molecule has 5 nitrogen and oxygen atoms in total. The lowest BCUT2D eigenvalue weighted by molar-refractivity contribution is 0.0946. The van der Waals surface area contributed by atoms with Gasteiger partial charge in [-0.3, -0.25) is 4.79 Å². The van der Waals surface area contributed by atoms with Crippen LogP contribution in [0.5, 0.6) is 0 Å². The fourth-order valence-corrected chi connectivity index (χ4v) is 2.74. The highest BCUT2D eigenvalue weighted by Gasteiger charge is 2.28. The molecule has 116 valence electrons. The molecular weight excluding hydrogens is 335 g/mol. The predicted molar refractivity (Wildman–Crippen MR) is 88.9 cm³/mol. The van der Waals surface area contributed by atoms with Gasteiger partial charge in [0.15, 0.2) is 11.3 Å². The maximum absolute atomic E-state index is 12.5. The molecule has 1 N–H and O–H groups in total. The molecule has 1 saturated carbocycles. The zero-order valence-electron chi connectivity index (χ0n) is 12.0. The molecule has 0 spiro atoms. The van der Waals surface area contributed by atoms with Crippen molar-refractivity contribution in [2.75, 3.05) is 0 Å². The molecule has 1 aliphatic rings. The summed E-state index contributed by atoms with van der Waals surface area (Å²) in [5.74, 6) is -0.195. The summed E-state index contributed by atoms with van der Waals surface area (Å²) in [5.41, 5.74) is 2.36. The monoisotopic (exact) mass is 346 g/mol. The van der Waals surface area contributed by atoms with Gasteiger partial charge in [-0.05, 0) is 36.6 Å². The number of nitrogens with zero attached hydrogens (tertiary/aromatic N) is 3. The van der Waals surface area contributed by atoms with Crippen molar-refractivity contribution in [1.82, 2.24) is 19.9 Å². The first kappa shape index (κ1) is 14.5. The Morgan fingerprint density at radius 2 is 2.09 bits per heavy atom. The Morgan fingerprint density at radius 1 is 1.26 bits per heavy atom. The van der Waals surface area contributed by atoms with E-state index in [1.165, 1.54) is 0 Å². The Morgan fingerprint density at radius 3 is 2.83 bits per heavy atom. The maximum Gasteiger partial charge on any atom is 0.272 e. The van der Waals surface area contributed by atoms with E-state index in [0.717, 1.165) is 18.4 Å². The van der Waals surface area contributed by atoms with Crippen LogP contribution >= 0.6 is 23.2 Å². The highest BCUT2D eigenvalue weighted by Crippen LogP contribution is 2.33. The molecule has 0 unspecified atom stereocenters.